The smallest absolute Gasteiger partial charge is 0.236 e. The fourth-order valence-electron chi connectivity index (χ4n) is 5.10. The highest BCUT2D eigenvalue weighted by Gasteiger charge is 2.28. The number of piperazine rings is 1. The van der Waals surface area contributed by atoms with Gasteiger partial charge in [0.2, 0.25) is 15.9 Å². The van der Waals surface area contributed by atoms with Crippen LogP contribution in [-0.4, -0.2) is 90.1 Å². The summed E-state index contributed by atoms with van der Waals surface area (Å²) in [6.07, 6.45) is 3.13. The molecule has 1 aliphatic heterocycles. The third-order valence-electron chi connectivity index (χ3n) is 7.40. The van der Waals surface area contributed by atoms with Crippen LogP contribution in [0.2, 0.25) is 0 Å². The SMILES string of the molecule is CCN1CCN(CCS(=O)(=O)N(C)c2c3cccnc3c(O)c3c(O)n(Cc4ccc(F)cc4)cc23)CC1. The van der Waals surface area contributed by atoms with Gasteiger partial charge in [0.05, 0.1) is 23.4 Å². The van der Waals surface area contributed by atoms with Gasteiger partial charge in [-0.3, -0.25) is 14.2 Å². The van der Waals surface area contributed by atoms with Crippen molar-refractivity contribution < 1.29 is 23.0 Å². The monoisotopic (exact) mass is 541 g/mol. The van der Waals surface area contributed by atoms with Gasteiger partial charge in [0.1, 0.15) is 11.3 Å². The Morgan fingerprint density at radius 3 is 2.39 bits per heavy atom. The number of anilines is 1. The fourth-order valence-corrected chi connectivity index (χ4v) is 6.34. The Morgan fingerprint density at radius 1 is 1.03 bits per heavy atom. The summed E-state index contributed by atoms with van der Waals surface area (Å²) in [5, 5.41) is 23.1. The topological polar surface area (TPSA) is 102 Å². The van der Waals surface area contributed by atoms with E-state index in [9.17, 15) is 23.0 Å². The third-order valence-corrected chi connectivity index (χ3v) is 9.12. The number of aromatic nitrogens is 2. The lowest BCUT2D eigenvalue weighted by atomic mass is 10.1. The van der Waals surface area contributed by atoms with Gasteiger partial charge in [-0.05, 0) is 36.4 Å². The number of phenols is 1. The number of hydrogen-bond donors (Lipinski definition) is 2. The fraction of sp³-hybridized carbons (Fsp3) is 0.370. The lowest BCUT2D eigenvalue weighted by Crippen LogP contribution is -2.48. The van der Waals surface area contributed by atoms with Gasteiger partial charge in [-0.2, -0.15) is 0 Å². The first-order chi connectivity index (χ1) is 18.2. The van der Waals surface area contributed by atoms with E-state index in [0.29, 0.717) is 23.0 Å². The molecule has 9 nitrogen and oxygen atoms in total. The van der Waals surface area contributed by atoms with Crippen LogP contribution in [0, 0.1) is 5.82 Å². The average molecular weight is 542 g/mol. The molecule has 4 aromatic rings. The second-order valence-corrected chi connectivity index (χ2v) is 11.8. The summed E-state index contributed by atoms with van der Waals surface area (Å²) in [6, 6.07) is 9.27. The highest BCUT2D eigenvalue weighted by atomic mass is 32.2. The number of halogens is 1. The molecule has 0 radical (unpaired) electrons. The van der Waals surface area contributed by atoms with Crippen LogP contribution in [0.25, 0.3) is 21.7 Å². The van der Waals surface area contributed by atoms with E-state index >= 15 is 0 Å². The molecule has 1 aliphatic rings. The zero-order chi connectivity index (χ0) is 27.0. The summed E-state index contributed by atoms with van der Waals surface area (Å²) in [6.45, 7) is 7.21. The van der Waals surface area contributed by atoms with Crippen LogP contribution in [0.4, 0.5) is 10.1 Å². The maximum Gasteiger partial charge on any atom is 0.236 e. The Hall–Kier alpha value is -3.41. The van der Waals surface area contributed by atoms with Crippen LogP contribution in [0.15, 0.2) is 48.8 Å². The highest BCUT2D eigenvalue weighted by Crippen LogP contribution is 2.46. The summed E-state index contributed by atoms with van der Waals surface area (Å²) in [7, 11) is -2.26. The normalized spacial score (nSPS) is 15.4. The first-order valence-corrected chi connectivity index (χ1v) is 14.3. The number of hydrogen-bond acceptors (Lipinski definition) is 7. The van der Waals surface area contributed by atoms with E-state index in [1.807, 2.05) is 0 Å². The van der Waals surface area contributed by atoms with Crippen LogP contribution >= 0.6 is 0 Å². The molecule has 2 aromatic heterocycles. The summed E-state index contributed by atoms with van der Waals surface area (Å²) in [5.74, 6) is -0.890. The minimum absolute atomic E-state index is 0.0674. The molecule has 0 unspecified atom stereocenters. The molecule has 0 bridgehead atoms. The molecule has 0 atom stereocenters. The molecule has 0 saturated carbocycles. The first-order valence-electron chi connectivity index (χ1n) is 12.7. The molecule has 5 rings (SSSR count). The van der Waals surface area contributed by atoms with Crippen molar-refractivity contribution in [3.63, 3.8) is 0 Å². The lowest BCUT2D eigenvalue weighted by Gasteiger charge is -2.34. The molecule has 3 heterocycles. The number of sulfonamides is 1. The zero-order valence-corrected chi connectivity index (χ0v) is 22.3. The molecule has 0 spiro atoms. The first kappa shape index (κ1) is 26.2. The van der Waals surface area contributed by atoms with Crippen LogP contribution in [0.3, 0.4) is 0 Å². The standard InChI is InChI=1S/C27H32FN5O4S/c1-3-31-11-13-32(14-12-31)15-16-38(36,37)30(2)25-21-5-4-10-29-24(21)26(34)23-22(25)18-33(27(23)35)17-19-6-8-20(28)9-7-19/h4-10,18,34-35H,3,11-17H2,1-2H3. The van der Waals surface area contributed by atoms with Crippen molar-refractivity contribution in [2.24, 2.45) is 0 Å². The molecular formula is C27H32FN5O4S. The largest absolute Gasteiger partial charge is 0.505 e. The molecule has 0 amide bonds. The van der Waals surface area contributed by atoms with Crippen LogP contribution in [0.5, 0.6) is 11.6 Å². The van der Waals surface area contributed by atoms with Gasteiger partial charge in [-0.15, -0.1) is 0 Å². The number of benzene rings is 2. The number of likely N-dealkylation sites (N-methyl/N-ethyl adjacent to an activating group) is 1. The Kier molecular flexibility index (Phi) is 7.17. The molecule has 0 aliphatic carbocycles. The van der Waals surface area contributed by atoms with Crippen LogP contribution in [0.1, 0.15) is 12.5 Å². The number of aromatic hydroxyl groups is 2. The predicted octanol–water partition coefficient (Wildman–Crippen LogP) is 3.19. The van der Waals surface area contributed by atoms with E-state index in [1.54, 1.807) is 30.5 Å². The lowest BCUT2D eigenvalue weighted by molar-refractivity contribution is 0.143. The van der Waals surface area contributed by atoms with E-state index in [1.165, 1.54) is 34.2 Å². The van der Waals surface area contributed by atoms with Gasteiger partial charge < -0.3 is 19.7 Å². The summed E-state index contributed by atoms with van der Waals surface area (Å²) in [4.78, 5) is 8.79. The number of pyridine rings is 1. The van der Waals surface area contributed by atoms with E-state index in [0.717, 1.165) is 38.3 Å². The minimum atomic E-state index is -3.76. The second-order valence-electron chi connectivity index (χ2n) is 9.65. The molecule has 11 heteroatoms. The van der Waals surface area contributed by atoms with Crippen LogP contribution in [-0.2, 0) is 16.6 Å². The number of nitrogens with zero attached hydrogens (tertiary/aromatic N) is 5. The minimum Gasteiger partial charge on any atom is -0.505 e. The van der Waals surface area contributed by atoms with Gasteiger partial charge in [-0.1, -0.05) is 19.1 Å². The quantitative estimate of drug-likeness (QED) is 0.353. The molecular weight excluding hydrogens is 509 g/mol. The van der Waals surface area contributed by atoms with E-state index in [2.05, 4.69) is 21.7 Å². The Labute approximate surface area is 221 Å². The molecule has 202 valence electrons. The maximum absolute atomic E-state index is 13.6. The van der Waals surface area contributed by atoms with E-state index in [-0.39, 0.29) is 40.6 Å². The summed E-state index contributed by atoms with van der Waals surface area (Å²) in [5.41, 5.74) is 1.27. The van der Waals surface area contributed by atoms with E-state index < -0.39 is 10.0 Å². The Morgan fingerprint density at radius 2 is 1.71 bits per heavy atom. The second kappa shape index (κ2) is 10.4. The molecule has 1 saturated heterocycles. The maximum atomic E-state index is 13.6. The number of rotatable bonds is 8. The molecule has 1 fully saturated rings. The van der Waals surface area contributed by atoms with Crippen molar-refractivity contribution in [1.29, 1.82) is 0 Å². The van der Waals surface area contributed by atoms with Gasteiger partial charge in [0.15, 0.2) is 5.75 Å². The van der Waals surface area contributed by atoms with Crippen molar-refractivity contribution in [3.05, 3.63) is 60.2 Å². The van der Waals surface area contributed by atoms with E-state index in [4.69, 9.17) is 0 Å². The van der Waals surface area contributed by atoms with Crippen molar-refractivity contribution in [2.45, 2.75) is 13.5 Å². The average Bonchev–Trinajstić information content (AvgIpc) is 3.24. The third kappa shape index (κ3) is 4.89. The van der Waals surface area contributed by atoms with Gasteiger partial charge >= 0.3 is 0 Å². The van der Waals surface area contributed by atoms with Crippen molar-refractivity contribution >= 4 is 37.4 Å². The van der Waals surface area contributed by atoms with Crippen molar-refractivity contribution in [1.82, 2.24) is 19.4 Å². The number of fused-ring (bicyclic) bond motifs is 2. The van der Waals surface area contributed by atoms with Crippen LogP contribution < -0.4 is 4.31 Å². The summed E-state index contributed by atoms with van der Waals surface area (Å²) >= 11 is 0. The number of phenolic OH excluding ortho intramolecular Hbond substituents is 1. The Bertz CT molecular complexity index is 1560. The molecule has 2 aromatic carbocycles. The van der Waals surface area contributed by atoms with Gasteiger partial charge in [-0.25, -0.2) is 12.8 Å². The predicted molar refractivity (Wildman–Crippen MR) is 147 cm³/mol. The van der Waals surface area contributed by atoms with Gasteiger partial charge in [0.25, 0.3) is 0 Å². The summed E-state index contributed by atoms with van der Waals surface area (Å²) < 4.78 is 43.3. The molecule has 2 N–H and O–H groups in total. The van der Waals surface area contributed by atoms with Gasteiger partial charge in [0, 0.05) is 62.9 Å². The van der Waals surface area contributed by atoms with Crippen molar-refractivity contribution in [3.8, 4) is 11.6 Å². The molecule has 38 heavy (non-hydrogen) atoms. The Balaban J connectivity index is 1.53. The zero-order valence-electron chi connectivity index (χ0n) is 21.5. The highest BCUT2D eigenvalue weighted by molar-refractivity contribution is 7.92. The van der Waals surface area contributed by atoms with Crippen molar-refractivity contribution in [2.75, 3.05) is 56.4 Å².